The van der Waals surface area contributed by atoms with Crippen molar-refractivity contribution in [3.63, 3.8) is 0 Å². The molecule has 1 saturated carbocycles. The van der Waals surface area contributed by atoms with E-state index in [9.17, 15) is 4.79 Å². The number of H-pyrrole nitrogens is 1. The monoisotopic (exact) mass is 411 g/mol. The quantitative estimate of drug-likeness (QED) is 0.768. The van der Waals surface area contributed by atoms with Crippen molar-refractivity contribution in [1.29, 1.82) is 0 Å². The van der Waals surface area contributed by atoms with E-state index < -0.39 is 0 Å². The van der Waals surface area contributed by atoms with Gasteiger partial charge in [-0.15, -0.1) is 0 Å². The lowest BCUT2D eigenvalue weighted by Gasteiger charge is -2.34. The van der Waals surface area contributed by atoms with Crippen LogP contribution in [0, 0.1) is 0 Å². The van der Waals surface area contributed by atoms with Crippen LogP contribution in [0.4, 0.5) is 23.7 Å². The summed E-state index contributed by atoms with van der Waals surface area (Å²) in [5, 5.41) is 10.8. The third-order valence-electron chi connectivity index (χ3n) is 6.28. The fourth-order valence-electron chi connectivity index (χ4n) is 4.25. The molecular formula is C20H29N9O. The van der Waals surface area contributed by atoms with Gasteiger partial charge < -0.3 is 20.0 Å². The number of nitrogens with zero attached hydrogens (tertiary/aromatic N) is 7. The van der Waals surface area contributed by atoms with Crippen LogP contribution in [0.25, 0.3) is 0 Å². The van der Waals surface area contributed by atoms with Crippen molar-refractivity contribution >= 4 is 29.6 Å². The van der Waals surface area contributed by atoms with Gasteiger partial charge in [0.25, 0.3) is 0 Å². The van der Waals surface area contributed by atoms with Crippen molar-refractivity contribution in [3.8, 4) is 0 Å². The Morgan fingerprint density at radius 2 is 1.83 bits per heavy atom. The maximum absolute atomic E-state index is 11.7. The predicted octanol–water partition coefficient (Wildman–Crippen LogP) is 1.87. The lowest BCUT2D eigenvalue weighted by molar-refractivity contribution is -0.129. The lowest BCUT2D eigenvalue weighted by atomic mass is 10.2. The number of aromatic amines is 1. The molecule has 1 aliphatic carbocycles. The van der Waals surface area contributed by atoms with E-state index in [0.29, 0.717) is 56.0 Å². The van der Waals surface area contributed by atoms with E-state index in [1.165, 1.54) is 18.5 Å². The van der Waals surface area contributed by atoms with Crippen molar-refractivity contribution < 1.29 is 4.79 Å². The molecule has 2 aliphatic heterocycles. The number of anilines is 4. The first-order valence-electron chi connectivity index (χ1n) is 10.9. The number of hydrogen-bond acceptors (Lipinski definition) is 8. The summed E-state index contributed by atoms with van der Waals surface area (Å²) in [6, 6.07) is 2.46. The highest BCUT2D eigenvalue weighted by molar-refractivity contribution is 5.73. The molecule has 10 heteroatoms. The maximum atomic E-state index is 11.7. The minimum atomic E-state index is 0.115. The fourth-order valence-corrected chi connectivity index (χ4v) is 4.25. The highest BCUT2D eigenvalue weighted by Gasteiger charge is 2.28. The summed E-state index contributed by atoms with van der Waals surface area (Å²) >= 11 is 0. The fraction of sp³-hybridized carbons (Fsp3) is 0.650. The summed E-state index contributed by atoms with van der Waals surface area (Å²) < 4.78 is 0. The molecular weight excluding hydrogens is 382 g/mol. The molecule has 0 spiro atoms. The van der Waals surface area contributed by atoms with Gasteiger partial charge in [0, 0.05) is 63.4 Å². The molecule has 2 aromatic rings. The number of nitrogens with one attached hydrogen (secondary N) is 2. The Hall–Kier alpha value is -2.91. The van der Waals surface area contributed by atoms with Crippen molar-refractivity contribution in [1.82, 2.24) is 30.0 Å². The molecule has 2 aromatic heterocycles. The molecule has 3 aliphatic rings. The first-order valence-corrected chi connectivity index (χ1v) is 10.9. The van der Waals surface area contributed by atoms with Crippen LogP contribution in [0.3, 0.4) is 0 Å². The molecule has 3 fully saturated rings. The number of carbonyl (C=O) groups excluding carboxylic acids is 1. The molecule has 2 N–H and O–H groups in total. The molecule has 2 saturated heterocycles. The molecule has 0 unspecified atom stereocenters. The van der Waals surface area contributed by atoms with Gasteiger partial charge in [-0.1, -0.05) is 0 Å². The molecule has 1 atom stereocenters. The standard InChI is InChI=1S/C20H29N9O/c1-13-4-3-7-29(13)20-23-18(21-17-12-16(25-26-17)15-5-6-15)22-19(24-20)28-10-8-27(9-11-28)14(2)30/h12-13,15H,3-11H2,1-2H3,(H2,21,22,23,24,25,26)/t13-/m0/s1. The van der Waals surface area contributed by atoms with Gasteiger partial charge >= 0.3 is 0 Å². The molecule has 4 heterocycles. The Kier molecular flexibility index (Phi) is 4.92. The average molecular weight is 412 g/mol. The first-order chi connectivity index (χ1) is 14.6. The number of piperazine rings is 1. The zero-order chi connectivity index (χ0) is 20.7. The Bertz CT molecular complexity index is 917. The molecule has 30 heavy (non-hydrogen) atoms. The third kappa shape index (κ3) is 3.90. The van der Waals surface area contributed by atoms with E-state index in [0.717, 1.165) is 25.2 Å². The van der Waals surface area contributed by atoms with Crippen LogP contribution in [-0.4, -0.2) is 74.7 Å². The highest BCUT2D eigenvalue weighted by atomic mass is 16.2. The van der Waals surface area contributed by atoms with Crippen LogP contribution in [0.5, 0.6) is 0 Å². The summed E-state index contributed by atoms with van der Waals surface area (Å²) in [6.45, 7) is 7.58. The Labute approximate surface area is 176 Å². The van der Waals surface area contributed by atoms with E-state index in [1.807, 2.05) is 11.0 Å². The number of hydrogen-bond donors (Lipinski definition) is 2. The van der Waals surface area contributed by atoms with Crippen LogP contribution in [0.2, 0.25) is 0 Å². The number of rotatable bonds is 5. The smallest absolute Gasteiger partial charge is 0.235 e. The SMILES string of the molecule is CC(=O)N1CCN(c2nc(Nc3cc(C4CC4)[nH]n3)nc(N3CCC[C@@H]3C)n2)CC1. The normalized spacial score (nSPS) is 21.9. The van der Waals surface area contributed by atoms with Crippen LogP contribution in [-0.2, 0) is 4.79 Å². The van der Waals surface area contributed by atoms with Crippen LogP contribution in [0.1, 0.15) is 51.1 Å². The molecule has 5 rings (SSSR count). The van der Waals surface area contributed by atoms with Crippen molar-refractivity contribution in [3.05, 3.63) is 11.8 Å². The second kappa shape index (κ2) is 7.73. The van der Waals surface area contributed by atoms with Crippen LogP contribution in [0.15, 0.2) is 6.07 Å². The first kappa shape index (κ1) is 19.1. The molecule has 0 bridgehead atoms. The second-order valence-corrected chi connectivity index (χ2v) is 8.54. The summed E-state index contributed by atoms with van der Waals surface area (Å²) in [4.78, 5) is 32.1. The van der Waals surface area contributed by atoms with Crippen molar-refractivity contribution in [2.75, 3.05) is 47.8 Å². The van der Waals surface area contributed by atoms with Crippen molar-refractivity contribution in [2.24, 2.45) is 0 Å². The third-order valence-corrected chi connectivity index (χ3v) is 6.28. The zero-order valence-electron chi connectivity index (χ0n) is 17.6. The van der Waals surface area contributed by atoms with Gasteiger partial charge in [0.1, 0.15) is 0 Å². The second-order valence-electron chi connectivity index (χ2n) is 8.54. The average Bonchev–Trinajstić information content (AvgIpc) is 3.34. The van der Waals surface area contributed by atoms with E-state index in [4.69, 9.17) is 15.0 Å². The minimum absolute atomic E-state index is 0.115. The molecule has 1 amide bonds. The molecule has 0 aromatic carbocycles. The Morgan fingerprint density at radius 3 is 2.50 bits per heavy atom. The van der Waals surface area contributed by atoms with E-state index in [2.05, 4.69) is 32.2 Å². The van der Waals surface area contributed by atoms with Gasteiger partial charge in [-0.3, -0.25) is 9.89 Å². The molecule has 160 valence electrons. The Morgan fingerprint density at radius 1 is 1.07 bits per heavy atom. The minimum Gasteiger partial charge on any atom is -0.339 e. The summed E-state index contributed by atoms with van der Waals surface area (Å²) in [5.74, 6) is 3.33. The highest BCUT2D eigenvalue weighted by Crippen LogP contribution is 2.39. The number of aromatic nitrogens is 5. The predicted molar refractivity (Wildman–Crippen MR) is 114 cm³/mol. The van der Waals surface area contributed by atoms with Crippen LogP contribution >= 0.6 is 0 Å². The number of amides is 1. The van der Waals surface area contributed by atoms with Gasteiger partial charge in [-0.2, -0.15) is 20.1 Å². The van der Waals surface area contributed by atoms with E-state index in [1.54, 1.807) is 6.92 Å². The largest absolute Gasteiger partial charge is 0.339 e. The van der Waals surface area contributed by atoms with Gasteiger partial charge in [-0.25, -0.2) is 0 Å². The van der Waals surface area contributed by atoms with E-state index in [-0.39, 0.29) is 5.91 Å². The summed E-state index contributed by atoms with van der Waals surface area (Å²) in [5.41, 5.74) is 1.17. The molecule has 10 nitrogen and oxygen atoms in total. The molecule has 0 radical (unpaired) electrons. The zero-order valence-corrected chi connectivity index (χ0v) is 17.6. The Balaban J connectivity index is 1.40. The van der Waals surface area contributed by atoms with Gasteiger partial charge in [0.2, 0.25) is 23.8 Å². The van der Waals surface area contributed by atoms with Gasteiger partial charge in [0.05, 0.1) is 0 Å². The maximum Gasteiger partial charge on any atom is 0.235 e. The lowest BCUT2D eigenvalue weighted by Crippen LogP contribution is -2.48. The van der Waals surface area contributed by atoms with E-state index >= 15 is 0 Å². The van der Waals surface area contributed by atoms with Gasteiger partial charge in [-0.05, 0) is 32.6 Å². The van der Waals surface area contributed by atoms with Gasteiger partial charge in [0.15, 0.2) is 5.82 Å². The number of carbonyl (C=O) groups is 1. The summed E-state index contributed by atoms with van der Waals surface area (Å²) in [6.07, 6.45) is 4.74. The topological polar surface area (TPSA) is 106 Å². The van der Waals surface area contributed by atoms with Crippen molar-refractivity contribution in [2.45, 2.75) is 51.5 Å². The summed E-state index contributed by atoms with van der Waals surface area (Å²) in [7, 11) is 0. The van der Waals surface area contributed by atoms with Crippen LogP contribution < -0.4 is 15.1 Å².